The van der Waals surface area contributed by atoms with E-state index in [2.05, 4.69) is 101 Å². The number of rotatable bonds is 48. The van der Waals surface area contributed by atoms with E-state index in [1.54, 1.807) is 86.9 Å². The van der Waals surface area contributed by atoms with Crippen LogP contribution >= 0.6 is 0 Å². The lowest BCUT2D eigenvalue weighted by molar-refractivity contribution is -0.147. The number of hydrogen-bond donors (Lipinski definition) is 27. The Labute approximate surface area is 711 Å². The molecule has 7 aromatic heterocycles. The van der Waals surface area contributed by atoms with Gasteiger partial charge in [-0.1, -0.05) is 0 Å². The predicted molar refractivity (Wildman–Crippen MR) is 441 cm³/mol. The van der Waals surface area contributed by atoms with Crippen molar-refractivity contribution in [2.45, 2.75) is 82.2 Å². The van der Waals surface area contributed by atoms with Crippen LogP contribution in [0.4, 0.5) is 0 Å². The van der Waals surface area contributed by atoms with E-state index >= 15 is 0 Å². The van der Waals surface area contributed by atoms with E-state index in [0.29, 0.717) is 62.2 Å². The number of aromatic amines is 7. The first-order valence-electron chi connectivity index (χ1n) is 38.5. The molecule has 0 fully saturated rings. The van der Waals surface area contributed by atoms with Crippen molar-refractivity contribution in [3.05, 3.63) is 164 Å². The van der Waals surface area contributed by atoms with Crippen molar-refractivity contribution in [3.8, 4) is 0 Å². The fourth-order valence-corrected chi connectivity index (χ4v) is 8.09. The molecule has 8 rings (SSSR count). The van der Waals surface area contributed by atoms with Crippen LogP contribution in [0.1, 0.15) is 78.4 Å². The Morgan fingerprint density at radius 2 is 0.645 bits per heavy atom. The molecule has 1 aliphatic heterocycles. The van der Waals surface area contributed by atoms with Crippen molar-refractivity contribution in [2.24, 2.45) is 28.7 Å². The number of aryl methyl sites for hydroxylation is 3. The largest absolute Gasteiger partial charge is 0.465 e. The van der Waals surface area contributed by atoms with Crippen LogP contribution in [0.25, 0.3) is 24.3 Å². The summed E-state index contributed by atoms with van der Waals surface area (Å²) in [5.41, 5.74) is 6.60. The number of H-pyrrole nitrogens is 7. The topological polar surface area (TPSA) is 758 Å². The van der Waals surface area contributed by atoms with Gasteiger partial charge in [-0.2, -0.15) is 0 Å². The van der Waals surface area contributed by atoms with Gasteiger partial charge >= 0.3 is 23.9 Å². The highest BCUT2D eigenvalue weighted by molar-refractivity contribution is 5.92. The minimum atomic E-state index is -1.03. The Balaban J connectivity index is 0.000000709. The van der Waals surface area contributed by atoms with Gasteiger partial charge in [0.25, 0.3) is 0 Å². The zero-order chi connectivity index (χ0) is 91.6. The summed E-state index contributed by atoms with van der Waals surface area (Å²) in [4.78, 5) is 140. The Hall–Kier alpha value is -12.0. The molecule has 7 aromatic rings. The number of aromatic nitrogens is 14. The second kappa shape index (κ2) is 72.6. The van der Waals surface area contributed by atoms with Gasteiger partial charge in [-0.25, -0.2) is 44.5 Å². The second-order valence-corrected chi connectivity index (χ2v) is 25.9. The van der Waals surface area contributed by atoms with E-state index in [4.69, 9.17) is 95.9 Å². The zero-order valence-electron chi connectivity index (χ0n) is 68.1. The van der Waals surface area contributed by atoms with E-state index in [1.165, 1.54) is 61.8 Å². The molecule has 124 heavy (non-hydrogen) atoms. The van der Waals surface area contributed by atoms with Crippen molar-refractivity contribution in [1.82, 2.24) is 91.0 Å². The number of esters is 4. The van der Waals surface area contributed by atoms with Crippen LogP contribution in [-0.2, 0) is 76.6 Å². The Morgan fingerprint density at radius 1 is 0.339 bits per heavy atom. The van der Waals surface area contributed by atoms with E-state index in [9.17, 15) is 38.4 Å². The van der Waals surface area contributed by atoms with Gasteiger partial charge in [0.2, 0.25) is 23.6 Å². The van der Waals surface area contributed by atoms with Gasteiger partial charge in [-0.05, 0) is 55.6 Å². The maximum atomic E-state index is 11.4. The third kappa shape index (κ3) is 59.6. The molecular weight excluding hydrogens is 1640 g/mol. The van der Waals surface area contributed by atoms with E-state index in [-0.39, 0.29) is 172 Å². The zero-order valence-corrected chi connectivity index (χ0v) is 68.1. The number of imidazole rings is 7. The van der Waals surface area contributed by atoms with Gasteiger partial charge in [-0.3, -0.25) is 33.8 Å². The molecule has 0 bridgehead atoms. The molecule has 47 heteroatoms. The van der Waals surface area contributed by atoms with Crippen molar-refractivity contribution in [2.75, 3.05) is 132 Å². The molecule has 4 unspecified atom stereocenters. The number of nitrogens with zero attached hydrogens (tertiary/aromatic N) is 8. The van der Waals surface area contributed by atoms with Crippen molar-refractivity contribution < 1.29 is 139 Å². The number of carbonyl (C=O) groups excluding carboxylic acids is 8. The first kappa shape index (κ1) is 110. The third-order valence-corrected chi connectivity index (χ3v) is 15.5. The van der Waals surface area contributed by atoms with Crippen molar-refractivity contribution >= 4 is 78.0 Å². The average Bonchev–Trinajstić information content (AvgIpc) is 1.84. The number of aliphatic hydroxyl groups excluding tert-OH is 16. The molecular formula is C77H117N19O28. The number of ether oxygens (including phenoxy) is 4. The highest BCUT2D eigenvalue weighted by Gasteiger charge is 2.15. The van der Waals surface area contributed by atoms with E-state index in [1.807, 2.05) is 0 Å². The number of amides is 4. The molecule has 1 aliphatic rings. The molecule has 0 aliphatic carbocycles. The molecule has 27 N–H and O–H groups in total. The highest BCUT2D eigenvalue weighted by atomic mass is 16.6. The number of aliphatic imine (C=N–C) groups is 1. The van der Waals surface area contributed by atoms with Gasteiger partial charge in [0.1, 0.15) is 25.4 Å². The lowest BCUT2D eigenvalue weighted by Crippen LogP contribution is -2.33. The quantitative estimate of drug-likeness (QED) is 0.00960. The molecule has 0 saturated carbocycles. The average molecular weight is 1760 g/mol. The number of allylic oxidation sites excluding steroid dienone is 1. The Morgan fingerprint density at radius 3 is 0.992 bits per heavy atom. The normalized spacial score (nSPS) is 12.2. The van der Waals surface area contributed by atoms with E-state index in [0.717, 1.165) is 34.8 Å². The van der Waals surface area contributed by atoms with Gasteiger partial charge < -0.3 is 157 Å². The van der Waals surface area contributed by atoms with Gasteiger partial charge in [0.15, 0.2) is 0 Å². The summed E-state index contributed by atoms with van der Waals surface area (Å²) in [5, 5.41) is 150. The third-order valence-electron chi connectivity index (χ3n) is 15.5. The maximum Gasteiger partial charge on any atom is 0.330 e. The molecule has 4 amide bonds. The summed E-state index contributed by atoms with van der Waals surface area (Å²) < 4.78 is 19.1. The van der Waals surface area contributed by atoms with Gasteiger partial charge in [-0.15, -0.1) is 0 Å². The number of nitrogens with one attached hydrogen (secondary N) is 11. The summed E-state index contributed by atoms with van der Waals surface area (Å²) in [6.45, 7) is -2.57. The van der Waals surface area contributed by atoms with Crippen LogP contribution in [0.15, 0.2) is 129 Å². The van der Waals surface area contributed by atoms with E-state index < -0.39 is 61.4 Å². The van der Waals surface area contributed by atoms with Crippen LogP contribution in [0.2, 0.25) is 0 Å². The molecule has 0 saturated heterocycles. The summed E-state index contributed by atoms with van der Waals surface area (Å²) in [5.74, 6) is -4.10. The molecule has 0 spiro atoms. The maximum absolute atomic E-state index is 11.4. The minimum absolute atomic E-state index is 0.000844. The summed E-state index contributed by atoms with van der Waals surface area (Å²) in [6.07, 6.45) is 37.4. The lowest BCUT2D eigenvalue weighted by atomic mass is 10.1. The number of hydrogen-bond acceptors (Lipinski definition) is 36. The smallest absolute Gasteiger partial charge is 0.330 e. The van der Waals surface area contributed by atoms with Crippen LogP contribution in [0.3, 0.4) is 0 Å². The Kier molecular flexibility index (Phi) is 64.4. The van der Waals surface area contributed by atoms with Gasteiger partial charge in [0.05, 0.1) is 177 Å². The number of carbonyl (C=O) groups is 8. The van der Waals surface area contributed by atoms with Crippen molar-refractivity contribution in [1.29, 1.82) is 0 Å². The first-order valence-corrected chi connectivity index (χ1v) is 38.5. The monoisotopic (exact) mass is 1760 g/mol. The van der Waals surface area contributed by atoms with Crippen LogP contribution in [-0.4, -0.2) is 362 Å². The predicted octanol–water partition coefficient (Wildman–Crippen LogP) is -5.70. The summed E-state index contributed by atoms with van der Waals surface area (Å²) in [7, 11) is 0. The molecule has 47 nitrogen and oxygen atoms in total. The summed E-state index contributed by atoms with van der Waals surface area (Å²) >= 11 is 0. The molecule has 0 radical (unpaired) electrons. The fourth-order valence-electron chi connectivity index (χ4n) is 8.09. The molecule has 4 atom stereocenters. The van der Waals surface area contributed by atoms with Crippen LogP contribution in [0, 0.1) is 23.7 Å². The second-order valence-electron chi connectivity index (χ2n) is 25.9. The van der Waals surface area contributed by atoms with Crippen molar-refractivity contribution in [3.63, 3.8) is 0 Å². The number of aliphatic hydroxyl groups is 16. The highest BCUT2D eigenvalue weighted by Crippen LogP contribution is 2.14. The summed E-state index contributed by atoms with van der Waals surface area (Å²) in [6, 6.07) is 0. The first-order chi connectivity index (χ1) is 59.9. The SMILES string of the molecule is O=C(/C=C/c1cnc[nH]1)NCC(CO)CO.O=C(/C=C/c1cnc[nH]1)NCC(O)CO.O=C(/C=C/c1cnc[nH]1)OCC(CO)CO.O=C(/C=C/c1cnc[nH]1)OCC(O)CO.O=C(CCC1=CN=CC1)OCC(O)CO.O=C(CCc1cnc[nH]1)NCC(CO)CO.O=C(CCc1cnc[nH]1)NCC(O)CO.O=C(CCc1cnc[nH]1)OCC(CO)CO. The fraction of sp³-hybridized carbons (Fsp3) is 0.481. The van der Waals surface area contributed by atoms with Gasteiger partial charge in [0, 0.05) is 174 Å². The lowest BCUT2D eigenvalue weighted by Gasteiger charge is -2.11. The molecule has 0 aromatic carbocycles. The molecule has 688 valence electrons. The van der Waals surface area contributed by atoms with Crippen LogP contribution < -0.4 is 21.3 Å². The molecule has 8 heterocycles. The van der Waals surface area contributed by atoms with Crippen LogP contribution in [0.5, 0.6) is 0 Å². The Bertz CT molecular complexity index is 3790. The standard InChI is InChI=1S/C10H17N3O3.C10H15N3O3.C10H16N2O4.C10H14N2O4.C10H15NO4.C9H15N3O3.C9H13N3O3.C9H12N2O4/c2*14-5-8(6-15)3-12-10(16)2-1-9-4-11-7-13-9;2*13-4-8(5-14)6-16-10(15)2-1-9-3-11-7-12-9;12-6-9(13)7-15-10(14)2-1-8-3-4-11-5-8;2*13-5-8(14)4-11-9(15)2-1-7-3-10-6-12-7;12-4-8(13)5-15-9(14)2-1-7-3-10-6-11-7/h4,7-8,14-15H,1-3,5-6H2,(H,11,13)(H,12,16);1-2,4,7-8,14-15H,3,5-6H2,(H,11,13)(H,12,16);3,7-8,13-14H,1-2,4-6H2,(H,11,12);1-3,7-8,13-14H,4-6H2,(H,11,12);4-5,9,12-13H,1-3,6-7H2;3,6,8,13-14H,1-2,4-5H2,(H,10,12)(H,11,15);1-3,6,8,13-14H,4-5H2,(H,10,12)(H,11,15);1-3,6,8,12-13H,4-5H2,(H,10,11)/b;2-1+;;2-1+;;;2*2-1+. The minimum Gasteiger partial charge on any atom is -0.465 e.